The van der Waals surface area contributed by atoms with E-state index in [1.54, 1.807) is 10.8 Å². The summed E-state index contributed by atoms with van der Waals surface area (Å²) in [5, 5.41) is 2.90. The molecule has 2 aromatic rings. The highest BCUT2D eigenvalue weighted by Crippen LogP contribution is 2.48. The lowest BCUT2D eigenvalue weighted by Crippen LogP contribution is -2.28. The van der Waals surface area contributed by atoms with Crippen molar-refractivity contribution in [1.29, 1.82) is 0 Å². The van der Waals surface area contributed by atoms with Crippen LogP contribution in [-0.4, -0.2) is 15.5 Å². The number of rotatable bonds is 3. The Hall–Kier alpha value is -2.10. The third kappa shape index (κ3) is 1.70. The minimum absolute atomic E-state index is 0.0444. The molecule has 1 saturated carbocycles. The van der Waals surface area contributed by atoms with Crippen molar-refractivity contribution in [2.75, 3.05) is 5.32 Å². The molecule has 0 atom stereocenters. The highest BCUT2D eigenvalue weighted by Gasteiger charge is 2.51. The van der Waals surface area contributed by atoms with E-state index in [-0.39, 0.29) is 11.3 Å². The van der Waals surface area contributed by atoms with E-state index in [1.807, 2.05) is 43.6 Å². The highest BCUT2D eigenvalue weighted by atomic mass is 16.2. The van der Waals surface area contributed by atoms with Crippen LogP contribution in [0, 0.1) is 0 Å². The Balaban J connectivity index is 1.83. The predicted octanol–water partition coefficient (Wildman–Crippen LogP) is 2.09. The molecule has 0 saturated heterocycles. The van der Waals surface area contributed by atoms with Crippen molar-refractivity contribution in [2.45, 2.75) is 18.3 Å². The molecule has 1 aromatic heterocycles. The first-order valence-electron chi connectivity index (χ1n) is 6.07. The van der Waals surface area contributed by atoms with E-state index in [0.717, 1.165) is 18.4 Å². The fraction of sp³-hybridized carbons (Fsp3) is 0.286. The first-order chi connectivity index (χ1) is 8.72. The van der Waals surface area contributed by atoms with Crippen LogP contribution >= 0.6 is 0 Å². The van der Waals surface area contributed by atoms with Crippen molar-refractivity contribution in [3.05, 3.63) is 48.3 Å². The van der Waals surface area contributed by atoms with E-state index < -0.39 is 0 Å². The summed E-state index contributed by atoms with van der Waals surface area (Å²) in [4.78, 5) is 16.5. The Morgan fingerprint density at radius 1 is 1.33 bits per heavy atom. The topological polar surface area (TPSA) is 46.9 Å². The van der Waals surface area contributed by atoms with Crippen LogP contribution in [0.3, 0.4) is 0 Å². The van der Waals surface area contributed by atoms with Gasteiger partial charge >= 0.3 is 0 Å². The summed E-state index contributed by atoms with van der Waals surface area (Å²) in [7, 11) is 1.87. The second-order valence-corrected chi connectivity index (χ2v) is 4.76. The molecule has 1 fully saturated rings. The number of hydrogen-bond donors (Lipinski definition) is 1. The number of amides is 1. The third-order valence-corrected chi connectivity index (χ3v) is 3.56. The lowest BCUT2D eigenvalue weighted by molar-refractivity contribution is -0.118. The summed E-state index contributed by atoms with van der Waals surface area (Å²) in [5.74, 6) is 0.644. The molecule has 1 aliphatic carbocycles. The van der Waals surface area contributed by atoms with E-state index in [9.17, 15) is 4.79 Å². The van der Waals surface area contributed by atoms with Gasteiger partial charge in [0.2, 0.25) is 11.9 Å². The van der Waals surface area contributed by atoms with E-state index >= 15 is 0 Å². The van der Waals surface area contributed by atoms with Gasteiger partial charge in [-0.2, -0.15) is 0 Å². The molecule has 1 N–H and O–H groups in total. The Morgan fingerprint density at radius 3 is 2.61 bits per heavy atom. The summed E-state index contributed by atoms with van der Waals surface area (Å²) in [6.45, 7) is 0. The van der Waals surface area contributed by atoms with Gasteiger partial charge in [-0.15, -0.1) is 0 Å². The van der Waals surface area contributed by atoms with Crippen molar-refractivity contribution >= 4 is 11.9 Å². The molecule has 4 heteroatoms. The number of carbonyl (C=O) groups excluding carboxylic acids is 1. The van der Waals surface area contributed by atoms with Crippen molar-refractivity contribution in [3.63, 3.8) is 0 Å². The molecule has 0 aliphatic heterocycles. The molecule has 1 aromatic carbocycles. The smallest absolute Gasteiger partial charge is 0.237 e. The minimum Gasteiger partial charge on any atom is -0.320 e. The van der Waals surface area contributed by atoms with Gasteiger partial charge in [-0.1, -0.05) is 30.3 Å². The number of aromatic nitrogens is 2. The van der Waals surface area contributed by atoms with Crippen LogP contribution in [0.25, 0.3) is 0 Å². The first kappa shape index (κ1) is 11.0. The van der Waals surface area contributed by atoms with Crippen molar-refractivity contribution in [3.8, 4) is 0 Å². The second-order valence-electron chi connectivity index (χ2n) is 4.76. The van der Waals surface area contributed by atoms with Crippen LogP contribution in [0.1, 0.15) is 18.4 Å². The number of benzene rings is 1. The van der Waals surface area contributed by atoms with Gasteiger partial charge in [0, 0.05) is 19.4 Å². The third-order valence-electron chi connectivity index (χ3n) is 3.56. The minimum atomic E-state index is -0.340. The zero-order valence-corrected chi connectivity index (χ0v) is 10.3. The fourth-order valence-corrected chi connectivity index (χ4v) is 2.24. The highest BCUT2D eigenvalue weighted by molar-refractivity contribution is 6.00. The van der Waals surface area contributed by atoms with Gasteiger partial charge in [0.25, 0.3) is 0 Å². The van der Waals surface area contributed by atoms with Crippen molar-refractivity contribution < 1.29 is 4.79 Å². The molecule has 18 heavy (non-hydrogen) atoms. The Labute approximate surface area is 106 Å². The maximum Gasteiger partial charge on any atom is 0.237 e. The number of carbonyl (C=O) groups is 1. The molecular weight excluding hydrogens is 226 g/mol. The number of nitrogens with zero attached hydrogens (tertiary/aromatic N) is 2. The SMILES string of the molecule is Cn1ccnc1NC(=O)C1(c2ccccc2)CC1. The van der Waals surface area contributed by atoms with Gasteiger partial charge in [-0.3, -0.25) is 10.1 Å². The quantitative estimate of drug-likeness (QED) is 0.894. The molecule has 92 valence electrons. The summed E-state index contributed by atoms with van der Waals surface area (Å²) >= 11 is 0. The summed E-state index contributed by atoms with van der Waals surface area (Å²) in [5.41, 5.74) is 0.754. The second kappa shape index (κ2) is 3.98. The van der Waals surface area contributed by atoms with Gasteiger partial charge < -0.3 is 4.57 Å². The van der Waals surface area contributed by atoms with Crippen LogP contribution in [0.4, 0.5) is 5.95 Å². The number of imidazole rings is 1. The fourth-order valence-electron chi connectivity index (χ4n) is 2.24. The first-order valence-corrected chi connectivity index (χ1v) is 6.07. The number of nitrogens with one attached hydrogen (secondary N) is 1. The average molecular weight is 241 g/mol. The molecule has 0 unspecified atom stereocenters. The lowest BCUT2D eigenvalue weighted by Gasteiger charge is -2.15. The lowest BCUT2D eigenvalue weighted by atomic mass is 9.95. The standard InChI is InChI=1S/C14H15N3O/c1-17-10-9-15-13(17)16-12(18)14(7-8-14)11-5-3-2-4-6-11/h2-6,9-10H,7-8H2,1H3,(H,15,16,18). The number of anilines is 1. The molecule has 1 aliphatic rings. The molecule has 1 heterocycles. The molecule has 0 bridgehead atoms. The maximum absolute atomic E-state index is 12.4. The molecule has 0 radical (unpaired) electrons. The monoisotopic (exact) mass is 241 g/mol. The van der Waals surface area contributed by atoms with E-state index in [1.165, 1.54) is 0 Å². The molecule has 4 nitrogen and oxygen atoms in total. The molecule has 0 spiro atoms. The van der Waals surface area contributed by atoms with Crippen LogP contribution in [-0.2, 0) is 17.3 Å². The molecule has 3 rings (SSSR count). The van der Waals surface area contributed by atoms with Gasteiger partial charge in [0.05, 0.1) is 5.41 Å². The van der Waals surface area contributed by atoms with Crippen LogP contribution in [0.2, 0.25) is 0 Å². The van der Waals surface area contributed by atoms with E-state index in [4.69, 9.17) is 0 Å². The van der Waals surface area contributed by atoms with Gasteiger partial charge in [-0.25, -0.2) is 4.98 Å². The largest absolute Gasteiger partial charge is 0.320 e. The van der Waals surface area contributed by atoms with Gasteiger partial charge in [-0.05, 0) is 18.4 Å². The number of aryl methyl sites for hydroxylation is 1. The summed E-state index contributed by atoms with van der Waals surface area (Å²) in [6, 6.07) is 9.96. The maximum atomic E-state index is 12.4. The Bertz CT molecular complexity index is 570. The van der Waals surface area contributed by atoms with E-state index in [0.29, 0.717) is 5.95 Å². The van der Waals surface area contributed by atoms with Crippen LogP contribution < -0.4 is 5.32 Å². The van der Waals surface area contributed by atoms with Crippen LogP contribution in [0.5, 0.6) is 0 Å². The predicted molar refractivity (Wildman–Crippen MR) is 69.2 cm³/mol. The zero-order valence-electron chi connectivity index (χ0n) is 10.3. The Kier molecular flexibility index (Phi) is 2.44. The zero-order chi connectivity index (χ0) is 12.6. The van der Waals surface area contributed by atoms with Gasteiger partial charge in [0.15, 0.2) is 0 Å². The Morgan fingerprint density at radius 2 is 2.06 bits per heavy atom. The molecule has 1 amide bonds. The normalized spacial score (nSPS) is 16.3. The van der Waals surface area contributed by atoms with Crippen LogP contribution in [0.15, 0.2) is 42.7 Å². The van der Waals surface area contributed by atoms with E-state index in [2.05, 4.69) is 10.3 Å². The van der Waals surface area contributed by atoms with Crippen molar-refractivity contribution in [1.82, 2.24) is 9.55 Å². The average Bonchev–Trinajstić information content (AvgIpc) is 3.12. The molecular formula is C14H15N3O. The summed E-state index contributed by atoms with van der Waals surface area (Å²) < 4.78 is 1.80. The van der Waals surface area contributed by atoms with Gasteiger partial charge in [0.1, 0.15) is 0 Å². The van der Waals surface area contributed by atoms with Crippen molar-refractivity contribution in [2.24, 2.45) is 7.05 Å². The number of hydrogen-bond acceptors (Lipinski definition) is 2. The summed E-state index contributed by atoms with van der Waals surface area (Å²) in [6.07, 6.45) is 5.32.